The molecule has 1 unspecified atom stereocenters. The van der Waals surface area contributed by atoms with Crippen molar-refractivity contribution in [2.24, 2.45) is 0 Å². The van der Waals surface area contributed by atoms with Crippen molar-refractivity contribution in [2.75, 3.05) is 6.61 Å². The smallest absolute Gasteiger partial charge is 0.248 e. The average Bonchev–Trinajstić information content (AvgIpc) is 2.65. The molecule has 3 heteroatoms. The third kappa shape index (κ3) is 2.46. The maximum Gasteiger partial charge on any atom is 0.248 e. The van der Waals surface area contributed by atoms with Crippen molar-refractivity contribution in [3.63, 3.8) is 0 Å². The first kappa shape index (κ1) is 12.8. The lowest BCUT2D eigenvalue weighted by atomic mass is 10.0. The molecule has 1 aromatic rings. The van der Waals surface area contributed by atoms with Gasteiger partial charge in [0.25, 0.3) is 0 Å². The molecule has 1 aliphatic rings. The minimum atomic E-state index is -0.551. The summed E-state index contributed by atoms with van der Waals surface area (Å²) < 4.78 is 5.72. The van der Waals surface area contributed by atoms with Gasteiger partial charge in [-0.3, -0.25) is 4.79 Å². The van der Waals surface area contributed by atoms with Gasteiger partial charge in [-0.2, -0.15) is 0 Å². The lowest BCUT2D eigenvalue weighted by Crippen LogP contribution is -2.47. The largest absolute Gasteiger partial charge is 0.354 e. The van der Waals surface area contributed by atoms with Crippen LogP contribution in [0.15, 0.2) is 43.0 Å². The standard InChI is InChI=1S/C15H19NO2/c1-4-14(17)16-13(11-18-15(16,2)3)10-12-8-6-5-7-9-12/h4-9,13H,1,10-11H2,2-3H3. The number of benzene rings is 1. The number of hydrogen-bond donors (Lipinski definition) is 0. The van der Waals surface area contributed by atoms with Crippen LogP contribution in [-0.2, 0) is 16.0 Å². The minimum absolute atomic E-state index is 0.0709. The zero-order valence-corrected chi connectivity index (χ0v) is 10.9. The number of amides is 1. The summed E-state index contributed by atoms with van der Waals surface area (Å²) in [6.07, 6.45) is 2.16. The zero-order chi connectivity index (χ0) is 13.2. The molecule has 0 radical (unpaired) electrons. The molecule has 18 heavy (non-hydrogen) atoms. The molecular formula is C15H19NO2. The van der Waals surface area contributed by atoms with E-state index in [0.29, 0.717) is 6.61 Å². The highest BCUT2D eigenvalue weighted by molar-refractivity contribution is 5.88. The van der Waals surface area contributed by atoms with Crippen LogP contribution in [0, 0.1) is 0 Å². The lowest BCUT2D eigenvalue weighted by Gasteiger charge is -2.32. The summed E-state index contributed by atoms with van der Waals surface area (Å²) >= 11 is 0. The van der Waals surface area contributed by atoms with Crippen LogP contribution in [0.5, 0.6) is 0 Å². The topological polar surface area (TPSA) is 29.5 Å². The van der Waals surface area contributed by atoms with Crippen molar-refractivity contribution in [1.82, 2.24) is 4.90 Å². The van der Waals surface area contributed by atoms with E-state index in [4.69, 9.17) is 4.74 Å². The monoisotopic (exact) mass is 245 g/mol. The highest BCUT2D eigenvalue weighted by Crippen LogP contribution is 2.29. The molecule has 0 N–H and O–H groups in total. The van der Waals surface area contributed by atoms with Crippen molar-refractivity contribution < 1.29 is 9.53 Å². The number of ether oxygens (including phenoxy) is 1. The number of hydrogen-bond acceptors (Lipinski definition) is 2. The number of carbonyl (C=O) groups excluding carboxylic acids is 1. The molecule has 1 fully saturated rings. The average molecular weight is 245 g/mol. The van der Waals surface area contributed by atoms with Crippen molar-refractivity contribution in [3.05, 3.63) is 48.6 Å². The predicted molar refractivity (Wildman–Crippen MR) is 71.0 cm³/mol. The molecule has 1 saturated heterocycles. The van der Waals surface area contributed by atoms with E-state index >= 15 is 0 Å². The first-order chi connectivity index (χ1) is 8.54. The van der Waals surface area contributed by atoms with Crippen LogP contribution in [0.4, 0.5) is 0 Å². The number of rotatable bonds is 3. The quantitative estimate of drug-likeness (QED) is 0.765. The lowest BCUT2D eigenvalue weighted by molar-refractivity contribution is -0.140. The molecule has 2 rings (SSSR count). The van der Waals surface area contributed by atoms with Crippen molar-refractivity contribution in [1.29, 1.82) is 0 Å². The summed E-state index contributed by atoms with van der Waals surface area (Å²) in [4.78, 5) is 13.7. The minimum Gasteiger partial charge on any atom is -0.354 e. The zero-order valence-electron chi connectivity index (χ0n) is 10.9. The van der Waals surface area contributed by atoms with Gasteiger partial charge >= 0.3 is 0 Å². The van der Waals surface area contributed by atoms with Gasteiger partial charge in [-0.25, -0.2) is 0 Å². The fourth-order valence-electron chi connectivity index (χ4n) is 2.46. The van der Waals surface area contributed by atoms with Crippen molar-refractivity contribution in [3.8, 4) is 0 Å². The fraction of sp³-hybridized carbons (Fsp3) is 0.400. The Labute approximate surface area is 108 Å². The van der Waals surface area contributed by atoms with Gasteiger partial charge in [0.2, 0.25) is 5.91 Å². The Balaban J connectivity index is 2.17. The van der Waals surface area contributed by atoms with Crippen molar-refractivity contribution in [2.45, 2.75) is 32.0 Å². The maximum absolute atomic E-state index is 12.0. The van der Waals surface area contributed by atoms with Gasteiger partial charge < -0.3 is 9.64 Å². The second-order valence-corrected chi connectivity index (χ2v) is 5.01. The molecule has 0 saturated carbocycles. The molecule has 96 valence electrons. The molecule has 1 aliphatic heterocycles. The predicted octanol–water partition coefficient (Wildman–Crippen LogP) is 2.38. The van der Waals surface area contributed by atoms with E-state index in [1.807, 2.05) is 32.0 Å². The Morgan fingerprint density at radius 2 is 2.17 bits per heavy atom. The summed E-state index contributed by atoms with van der Waals surface area (Å²) in [5.74, 6) is -0.0709. The third-order valence-electron chi connectivity index (χ3n) is 3.30. The SMILES string of the molecule is C=CC(=O)N1C(Cc2ccccc2)COC1(C)C. The van der Waals surface area contributed by atoms with Crippen LogP contribution in [0.25, 0.3) is 0 Å². The molecule has 1 atom stereocenters. The Kier molecular flexibility index (Phi) is 3.53. The summed E-state index contributed by atoms with van der Waals surface area (Å²) in [6, 6.07) is 10.2. The fourth-order valence-corrected chi connectivity index (χ4v) is 2.46. The molecular weight excluding hydrogens is 226 g/mol. The van der Waals surface area contributed by atoms with E-state index in [0.717, 1.165) is 6.42 Å². The van der Waals surface area contributed by atoms with E-state index in [9.17, 15) is 4.79 Å². The van der Waals surface area contributed by atoms with Crippen LogP contribution < -0.4 is 0 Å². The van der Waals surface area contributed by atoms with E-state index in [2.05, 4.69) is 18.7 Å². The van der Waals surface area contributed by atoms with Crippen LogP contribution in [0.1, 0.15) is 19.4 Å². The molecule has 1 amide bonds. The molecule has 0 spiro atoms. The van der Waals surface area contributed by atoms with Gasteiger partial charge in [0.05, 0.1) is 12.6 Å². The first-order valence-electron chi connectivity index (χ1n) is 6.18. The van der Waals surface area contributed by atoms with E-state index < -0.39 is 5.72 Å². The molecule has 1 aromatic carbocycles. The summed E-state index contributed by atoms with van der Waals surface area (Å²) in [6.45, 7) is 7.97. The van der Waals surface area contributed by atoms with Crippen LogP contribution in [-0.4, -0.2) is 29.2 Å². The highest BCUT2D eigenvalue weighted by Gasteiger charge is 2.42. The number of carbonyl (C=O) groups is 1. The third-order valence-corrected chi connectivity index (χ3v) is 3.30. The molecule has 0 aliphatic carbocycles. The van der Waals surface area contributed by atoms with Gasteiger partial charge in [0, 0.05) is 0 Å². The summed E-state index contributed by atoms with van der Waals surface area (Å²) in [5, 5.41) is 0. The van der Waals surface area contributed by atoms with Gasteiger partial charge in [0.1, 0.15) is 5.72 Å². The Morgan fingerprint density at radius 1 is 1.50 bits per heavy atom. The molecule has 3 nitrogen and oxygen atoms in total. The maximum atomic E-state index is 12.0. The Bertz CT molecular complexity index is 439. The Hall–Kier alpha value is -1.61. The van der Waals surface area contributed by atoms with Crippen molar-refractivity contribution >= 4 is 5.91 Å². The van der Waals surface area contributed by atoms with Crippen LogP contribution in [0.3, 0.4) is 0 Å². The molecule has 0 aromatic heterocycles. The van der Waals surface area contributed by atoms with Gasteiger partial charge in [-0.1, -0.05) is 36.9 Å². The molecule has 1 heterocycles. The van der Waals surface area contributed by atoms with E-state index in [1.54, 1.807) is 4.90 Å². The second-order valence-electron chi connectivity index (χ2n) is 5.01. The van der Waals surface area contributed by atoms with E-state index in [-0.39, 0.29) is 11.9 Å². The van der Waals surface area contributed by atoms with Crippen LogP contribution in [0.2, 0.25) is 0 Å². The molecule has 0 bridgehead atoms. The summed E-state index contributed by atoms with van der Waals surface area (Å²) in [7, 11) is 0. The first-order valence-corrected chi connectivity index (χ1v) is 6.18. The van der Waals surface area contributed by atoms with Gasteiger partial charge in [-0.05, 0) is 31.9 Å². The summed E-state index contributed by atoms with van der Waals surface area (Å²) in [5.41, 5.74) is 0.663. The van der Waals surface area contributed by atoms with Crippen LogP contribution >= 0.6 is 0 Å². The number of nitrogens with zero attached hydrogens (tertiary/aromatic N) is 1. The van der Waals surface area contributed by atoms with E-state index in [1.165, 1.54) is 11.6 Å². The second kappa shape index (κ2) is 4.94. The van der Waals surface area contributed by atoms with Gasteiger partial charge in [0.15, 0.2) is 0 Å². The normalized spacial score (nSPS) is 21.9. The van der Waals surface area contributed by atoms with Gasteiger partial charge in [-0.15, -0.1) is 0 Å². The highest BCUT2D eigenvalue weighted by atomic mass is 16.5. The Morgan fingerprint density at radius 3 is 2.78 bits per heavy atom.